The molecule has 0 aromatic heterocycles. The van der Waals surface area contributed by atoms with Crippen LogP contribution >= 0.6 is 0 Å². The Morgan fingerprint density at radius 3 is 2.40 bits per heavy atom. The average molecular weight is 415 g/mol. The molecule has 162 valence electrons. The molecule has 7 nitrogen and oxygen atoms in total. The molecule has 1 heterocycles. The second-order valence-electron chi connectivity index (χ2n) is 7.84. The first kappa shape index (κ1) is 22.0. The van der Waals surface area contributed by atoms with Crippen LogP contribution in [0.4, 0.5) is 4.79 Å². The number of hydrogen-bond donors (Lipinski definition) is 1. The van der Waals surface area contributed by atoms with Crippen LogP contribution in [-0.4, -0.2) is 36.9 Å². The van der Waals surface area contributed by atoms with E-state index in [9.17, 15) is 14.4 Å². The van der Waals surface area contributed by atoms with Crippen molar-refractivity contribution in [3.8, 4) is 0 Å². The smallest absolute Gasteiger partial charge is 0.341 e. The molecule has 1 aromatic rings. The molecule has 2 unspecified atom stereocenters. The van der Waals surface area contributed by atoms with Gasteiger partial charge in [0.1, 0.15) is 5.92 Å². The zero-order chi connectivity index (χ0) is 21.5. The Kier molecular flexibility index (Phi) is 7.60. The summed E-state index contributed by atoms with van der Waals surface area (Å²) in [4.78, 5) is 41.1. The van der Waals surface area contributed by atoms with E-state index in [4.69, 9.17) is 9.47 Å². The fourth-order valence-electron chi connectivity index (χ4n) is 4.17. The van der Waals surface area contributed by atoms with Gasteiger partial charge in [0, 0.05) is 5.71 Å². The maximum Gasteiger partial charge on any atom is 0.341 e. The van der Waals surface area contributed by atoms with E-state index in [-0.39, 0.29) is 5.97 Å². The minimum Gasteiger partial charge on any atom is -0.465 e. The van der Waals surface area contributed by atoms with Crippen molar-refractivity contribution in [1.82, 2.24) is 5.32 Å². The number of urea groups is 1. The van der Waals surface area contributed by atoms with E-state index < -0.39 is 24.0 Å². The van der Waals surface area contributed by atoms with Crippen molar-refractivity contribution < 1.29 is 23.9 Å². The molecule has 7 heteroatoms. The normalized spacial score (nSPS) is 22.1. The lowest BCUT2D eigenvalue weighted by Crippen LogP contribution is -2.45. The zero-order valence-electron chi connectivity index (χ0n) is 17.7. The number of rotatable bonds is 7. The summed E-state index contributed by atoms with van der Waals surface area (Å²) in [5.74, 6) is -1.04. The fourth-order valence-corrected chi connectivity index (χ4v) is 4.17. The second-order valence-corrected chi connectivity index (χ2v) is 7.84. The highest BCUT2D eigenvalue weighted by atomic mass is 16.5. The molecular weight excluding hydrogens is 384 g/mol. The van der Waals surface area contributed by atoms with Crippen LogP contribution in [-0.2, 0) is 14.3 Å². The monoisotopic (exact) mass is 414 g/mol. The molecule has 1 aromatic carbocycles. The van der Waals surface area contributed by atoms with Gasteiger partial charge in [-0.15, -0.1) is 0 Å². The summed E-state index contributed by atoms with van der Waals surface area (Å²) in [5, 5.41) is 2.80. The van der Waals surface area contributed by atoms with Gasteiger partial charge in [0.25, 0.3) is 0 Å². The number of carbonyl (C=O) groups is 3. The van der Waals surface area contributed by atoms with E-state index in [1.807, 2.05) is 6.92 Å². The van der Waals surface area contributed by atoms with Crippen LogP contribution in [0.15, 0.2) is 29.3 Å². The molecule has 1 aliphatic heterocycles. The van der Waals surface area contributed by atoms with Crippen LogP contribution in [0.2, 0.25) is 0 Å². The van der Waals surface area contributed by atoms with Crippen molar-refractivity contribution in [2.75, 3.05) is 13.2 Å². The van der Waals surface area contributed by atoms with E-state index in [2.05, 4.69) is 10.3 Å². The molecule has 1 aliphatic carbocycles. The van der Waals surface area contributed by atoms with E-state index in [0.29, 0.717) is 36.8 Å². The molecule has 1 fully saturated rings. The van der Waals surface area contributed by atoms with Crippen LogP contribution in [0.25, 0.3) is 0 Å². The molecule has 2 amide bonds. The lowest BCUT2D eigenvalue weighted by molar-refractivity contribution is -0.148. The highest BCUT2D eigenvalue weighted by Crippen LogP contribution is 2.30. The van der Waals surface area contributed by atoms with Crippen LogP contribution in [0, 0.1) is 11.8 Å². The lowest BCUT2D eigenvalue weighted by Gasteiger charge is -2.31. The van der Waals surface area contributed by atoms with Crippen molar-refractivity contribution in [2.45, 2.75) is 58.4 Å². The number of nitrogens with one attached hydrogen (secondary N) is 1. The van der Waals surface area contributed by atoms with Gasteiger partial charge in [-0.2, -0.15) is 0 Å². The van der Waals surface area contributed by atoms with E-state index >= 15 is 0 Å². The molecule has 3 rings (SSSR count). The highest BCUT2D eigenvalue weighted by Gasteiger charge is 2.39. The third kappa shape index (κ3) is 5.26. The molecule has 0 bridgehead atoms. The fraction of sp³-hybridized carbons (Fsp3) is 0.565. The Bertz CT molecular complexity index is 796. The van der Waals surface area contributed by atoms with Gasteiger partial charge < -0.3 is 14.8 Å². The van der Waals surface area contributed by atoms with Crippen LogP contribution in [0.3, 0.4) is 0 Å². The second kappa shape index (κ2) is 10.4. The van der Waals surface area contributed by atoms with Crippen molar-refractivity contribution in [1.29, 1.82) is 0 Å². The standard InChI is InChI=1S/C23H30N2O5/c1-3-18-19(22(27)30-14-15-8-6-5-7-9-15)20(25-23(28)24-18)16-10-12-17(13-11-16)21(26)29-4-2/h10-13,15,19-20H,3-9,14H2,1-2H3,(H,25,28). The highest BCUT2D eigenvalue weighted by molar-refractivity contribution is 6.09. The van der Waals surface area contributed by atoms with Gasteiger partial charge in [0.05, 0.1) is 24.8 Å². The summed E-state index contributed by atoms with van der Waals surface area (Å²) < 4.78 is 10.7. The third-order valence-electron chi connectivity index (χ3n) is 5.80. The summed E-state index contributed by atoms with van der Waals surface area (Å²) in [6.45, 7) is 4.33. The molecule has 2 aliphatic rings. The van der Waals surface area contributed by atoms with Crippen LogP contribution < -0.4 is 5.32 Å². The van der Waals surface area contributed by atoms with Gasteiger partial charge in [-0.3, -0.25) is 4.79 Å². The van der Waals surface area contributed by atoms with Crippen molar-refractivity contribution >= 4 is 23.7 Å². The van der Waals surface area contributed by atoms with Crippen molar-refractivity contribution in [3.05, 3.63) is 35.4 Å². The van der Waals surface area contributed by atoms with Crippen molar-refractivity contribution in [2.24, 2.45) is 16.8 Å². The topological polar surface area (TPSA) is 94.1 Å². The predicted molar refractivity (Wildman–Crippen MR) is 112 cm³/mol. The van der Waals surface area contributed by atoms with E-state index in [1.165, 1.54) is 19.3 Å². The number of amides is 2. The van der Waals surface area contributed by atoms with Gasteiger partial charge >= 0.3 is 18.0 Å². The van der Waals surface area contributed by atoms with Gasteiger partial charge in [-0.25, -0.2) is 14.6 Å². The number of ether oxygens (including phenoxy) is 2. The van der Waals surface area contributed by atoms with Crippen LogP contribution in [0.1, 0.15) is 74.3 Å². The minimum atomic E-state index is -0.676. The Hall–Kier alpha value is -2.70. The Morgan fingerprint density at radius 1 is 1.07 bits per heavy atom. The first-order chi connectivity index (χ1) is 14.5. The first-order valence-electron chi connectivity index (χ1n) is 10.8. The van der Waals surface area contributed by atoms with Crippen LogP contribution in [0.5, 0.6) is 0 Å². The van der Waals surface area contributed by atoms with Gasteiger partial charge in [0.15, 0.2) is 0 Å². The molecule has 0 spiro atoms. The molecular formula is C23H30N2O5. The number of benzene rings is 1. The molecule has 30 heavy (non-hydrogen) atoms. The molecule has 0 saturated heterocycles. The predicted octanol–water partition coefficient (Wildman–Crippen LogP) is 4.22. The number of esters is 2. The van der Waals surface area contributed by atoms with Gasteiger partial charge in [0.2, 0.25) is 0 Å². The zero-order valence-corrected chi connectivity index (χ0v) is 17.7. The minimum absolute atomic E-state index is 0.296. The SMILES string of the molecule is CCOC(=O)c1ccc(C2NC(=O)N=C(CC)C2C(=O)OCC2CCCCC2)cc1. The number of aliphatic imine (C=N–C) groups is 1. The van der Waals surface area contributed by atoms with E-state index in [0.717, 1.165) is 18.4 Å². The molecule has 0 radical (unpaired) electrons. The Labute approximate surface area is 177 Å². The summed E-state index contributed by atoms with van der Waals surface area (Å²) in [7, 11) is 0. The maximum absolute atomic E-state index is 13.0. The lowest BCUT2D eigenvalue weighted by atomic mass is 9.86. The maximum atomic E-state index is 13.0. The van der Waals surface area contributed by atoms with Gasteiger partial charge in [-0.1, -0.05) is 38.3 Å². The molecule has 1 N–H and O–H groups in total. The summed E-state index contributed by atoms with van der Waals surface area (Å²) in [6, 6.07) is 5.69. The summed E-state index contributed by atoms with van der Waals surface area (Å²) >= 11 is 0. The number of nitrogens with zero attached hydrogens (tertiary/aromatic N) is 1. The third-order valence-corrected chi connectivity index (χ3v) is 5.80. The molecule has 1 saturated carbocycles. The quantitative estimate of drug-likeness (QED) is 0.674. The molecule has 2 atom stereocenters. The summed E-state index contributed by atoms with van der Waals surface area (Å²) in [5.41, 5.74) is 1.66. The first-order valence-corrected chi connectivity index (χ1v) is 10.8. The van der Waals surface area contributed by atoms with Gasteiger partial charge in [-0.05, 0) is 49.8 Å². The van der Waals surface area contributed by atoms with Crippen molar-refractivity contribution in [3.63, 3.8) is 0 Å². The summed E-state index contributed by atoms with van der Waals surface area (Å²) in [6.07, 6.45) is 6.26. The van der Waals surface area contributed by atoms with E-state index in [1.54, 1.807) is 31.2 Å². The number of carbonyl (C=O) groups excluding carboxylic acids is 3. The Balaban J connectivity index is 1.78. The average Bonchev–Trinajstić information content (AvgIpc) is 2.77. The number of hydrogen-bond acceptors (Lipinski definition) is 5. The Morgan fingerprint density at radius 2 is 1.77 bits per heavy atom. The largest absolute Gasteiger partial charge is 0.465 e.